The summed E-state index contributed by atoms with van der Waals surface area (Å²) in [6, 6.07) is 5.27. The second-order valence-electron chi connectivity index (χ2n) is 5.22. The molecule has 1 aliphatic rings. The zero-order valence-electron chi connectivity index (χ0n) is 13.8. The van der Waals surface area contributed by atoms with Gasteiger partial charge in [0, 0.05) is 23.8 Å². The van der Waals surface area contributed by atoms with E-state index in [1.165, 1.54) is 6.21 Å². The van der Waals surface area contributed by atoms with E-state index in [0.717, 1.165) is 0 Å². The van der Waals surface area contributed by atoms with Gasteiger partial charge in [-0.25, -0.2) is 10.9 Å². The lowest BCUT2D eigenvalue weighted by Gasteiger charge is -2.07. The zero-order chi connectivity index (χ0) is 17.5. The molecule has 1 atom stereocenters. The van der Waals surface area contributed by atoms with Gasteiger partial charge in [0.2, 0.25) is 11.8 Å². The molecule has 1 unspecified atom stereocenters. The van der Waals surface area contributed by atoms with Gasteiger partial charge in [0.15, 0.2) is 0 Å². The van der Waals surface area contributed by atoms with Crippen LogP contribution in [0.25, 0.3) is 0 Å². The van der Waals surface area contributed by atoms with Gasteiger partial charge in [-0.05, 0) is 25.5 Å². The second-order valence-corrected chi connectivity index (χ2v) is 5.22. The van der Waals surface area contributed by atoms with E-state index in [4.69, 9.17) is 9.47 Å². The molecule has 1 aromatic carbocycles. The van der Waals surface area contributed by atoms with Crippen molar-refractivity contribution < 1.29 is 19.1 Å². The molecule has 0 bridgehead atoms. The Hall–Kier alpha value is -2.90. The molecule has 1 aromatic rings. The number of nitrogens with zero attached hydrogens (tertiary/aromatic N) is 2. The number of nitrogens with one attached hydrogen (secondary N) is 2. The molecule has 2 rings (SSSR count). The molecule has 0 fully saturated rings. The first-order chi connectivity index (χ1) is 11.5. The maximum atomic E-state index is 11.8. The number of hydrogen-bond acceptors (Lipinski definition) is 6. The number of hydrogen-bond donors (Lipinski definition) is 2. The number of carbonyl (C=O) groups is 2. The maximum absolute atomic E-state index is 11.8. The molecule has 1 heterocycles. The third-order valence-corrected chi connectivity index (χ3v) is 3.66. The fourth-order valence-electron chi connectivity index (χ4n) is 2.26. The van der Waals surface area contributed by atoms with Crippen LogP contribution in [-0.4, -0.2) is 38.0 Å². The number of carbonyl (C=O) groups excluding carboxylic acids is 2. The highest BCUT2D eigenvalue weighted by molar-refractivity contribution is 6.07. The van der Waals surface area contributed by atoms with Crippen LogP contribution in [-0.2, 0) is 9.59 Å². The predicted molar refractivity (Wildman–Crippen MR) is 89.3 cm³/mol. The van der Waals surface area contributed by atoms with Gasteiger partial charge in [-0.3, -0.25) is 9.59 Å². The lowest BCUT2D eigenvalue weighted by molar-refractivity contribution is -0.123. The Morgan fingerprint density at radius 1 is 1.42 bits per heavy atom. The molecule has 0 saturated carbocycles. The number of amides is 2. The van der Waals surface area contributed by atoms with E-state index in [-0.39, 0.29) is 24.2 Å². The molecule has 2 N–H and O–H groups in total. The molecule has 0 radical (unpaired) electrons. The molecule has 1 aliphatic heterocycles. The monoisotopic (exact) mass is 332 g/mol. The average Bonchev–Trinajstić information content (AvgIpc) is 2.91. The third-order valence-electron chi connectivity index (χ3n) is 3.66. The summed E-state index contributed by atoms with van der Waals surface area (Å²) in [5, 5.41) is 7.76. The van der Waals surface area contributed by atoms with Gasteiger partial charge >= 0.3 is 0 Å². The summed E-state index contributed by atoms with van der Waals surface area (Å²) in [7, 11) is 3.11. The Kier molecular flexibility index (Phi) is 5.89. The van der Waals surface area contributed by atoms with E-state index in [0.29, 0.717) is 29.2 Å². The van der Waals surface area contributed by atoms with Crippen molar-refractivity contribution in [2.75, 3.05) is 14.2 Å². The standard InChI is InChI=1S/C16H20N4O4/c1-10-13(16(22)20-18-10)6-7-15(21)19-17-9-11-4-5-12(23-2)8-14(11)24-3/h4-5,8-9,13H,6-7H2,1-3H3,(H,19,21)(H,20,22)/b17-9-. The Balaban J connectivity index is 1.86. The first-order valence-corrected chi connectivity index (χ1v) is 7.43. The maximum Gasteiger partial charge on any atom is 0.248 e. The molecule has 0 saturated heterocycles. The Bertz CT molecular complexity index is 685. The van der Waals surface area contributed by atoms with E-state index in [1.807, 2.05) is 0 Å². The lowest BCUT2D eigenvalue weighted by atomic mass is 9.99. The molecule has 0 spiro atoms. The first-order valence-electron chi connectivity index (χ1n) is 7.43. The predicted octanol–water partition coefficient (Wildman–Crippen LogP) is 1.06. The van der Waals surface area contributed by atoms with E-state index in [2.05, 4.69) is 21.1 Å². The van der Waals surface area contributed by atoms with Crippen LogP contribution in [0, 0.1) is 5.92 Å². The fraction of sp³-hybridized carbons (Fsp3) is 0.375. The molecule has 24 heavy (non-hydrogen) atoms. The molecular weight excluding hydrogens is 312 g/mol. The van der Waals surface area contributed by atoms with Crippen LogP contribution in [0.3, 0.4) is 0 Å². The summed E-state index contributed by atoms with van der Waals surface area (Å²) in [6.45, 7) is 1.76. The zero-order valence-corrected chi connectivity index (χ0v) is 13.8. The van der Waals surface area contributed by atoms with Crippen LogP contribution in [0.5, 0.6) is 11.5 Å². The fourth-order valence-corrected chi connectivity index (χ4v) is 2.26. The Labute approximate surface area is 139 Å². The van der Waals surface area contributed by atoms with Gasteiger partial charge in [0.1, 0.15) is 11.5 Å². The Morgan fingerprint density at radius 3 is 2.83 bits per heavy atom. The highest BCUT2D eigenvalue weighted by Gasteiger charge is 2.26. The van der Waals surface area contributed by atoms with Crippen LogP contribution in [0.15, 0.2) is 28.4 Å². The van der Waals surface area contributed by atoms with Crippen molar-refractivity contribution in [2.24, 2.45) is 16.1 Å². The highest BCUT2D eigenvalue weighted by Crippen LogP contribution is 2.23. The van der Waals surface area contributed by atoms with E-state index >= 15 is 0 Å². The van der Waals surface area contributed by atoms with Crippen molar-refractivity contribution in [2.45, 2.75) is 19.8 Å². The second kappa shape index (κ2) is 8.09. The SMILES string of the molecule is COc1ccc(/C=N\NC(=O)CCC2C(=O)NN=C2C)c(OC)c1. The summed E-state index contributed by atoms with van der Waals surface area (Å²) in [5.74, 6) is 0.459. The van der Waals surface area contributed by atoms with E-state index in [9.17, 15) is 9.59 Å². The smallest absolute Gasteiger partial charge is 0.248 e. The number of hydrazone groups is 2. The summed E-state index contributed by atoms with van der Waals surface area (Å²) < 4.78 is 10.4. The normalized spacial score (nSPS) is 16.7. The van der Waals surface area contributed by atoms with Gasteiger partial charge in [0.25, 0.3) is 0 Å². The first kappa shape index (κ1) is 17.5. The minimum Gasteiger partial charge on any atom is -0.497 e. The van der Waals surface area contributed by atoms with Crippen LogP contribution in [0.2, 0.25) is 0 Å². The summed E-state index contributed by atoms with van der Waals surface area (Å²) >= 11 is 0. The van der Waals surface area contributed by atoms with Crippen molar-refractivity contribution in [1.29, 1.82) is 0 Å². The molecule has 128 valence electrons. The molecule has 8 nitrogen and oxygen atoms in total. The molecule has 2 amide bonds. The minimum atomic E-state index is -0.346. The third kappa shape index (κ3) is 4.31. The van der Waals surface area contributed by atoms with E-state index in [1.54, 1.807) is 39.3 Å². The number of rotatable bonds is 7. The Morgan fingerprint density at radius 2 is 2.21 bits per heavy atom. The van der Waals surface area contributed by atoms with Gasteiger partial charge in [-0.2, -0.15) is 10.2 Å². The average molecular weight is 332 g/mol. The van der Waals surface area contributed by atoms with Crippen LogP contribution >= 0.6 is 0 Å². The topological polar surface area (TPSA) is 101 Å². The quantitative estimate of drug-likeness (QED) is 0.576. The van der Waals surface area contributed by atoms with Crippen molar-refractivity contribution in [1.82, 2.24) is 10.9 Å². The van der Waals surface area contributed by atoms with Crippen molar-refractivity contribution in [3.8, 4) is 11.5 Å². The number of ether oxygens (including phenoxy) is 2. The molecule has 8 heteroatoms. The summed E-state index contributed by atoms with van der Waals surface area (Å²) in [5.41, 5.74) is 6.23. The summed E-state index contributed by atoms with van der Waals surface area (Å²) in [4.78, 5) is 23.3. The number of benzene rings is 1. The lowest BCUT2D eigenvalue weighted by Crippen LogP contribution is -2.25. The van der Waals surface area contributed by atoms with Crippen molar-refractivity contribution >= 4 is 23.7 Å². The molecule has 0 aliphatic carbocycles. The van der Waals surface area contributed by atoms with Gasteiger partial charge < -0.3 is 9.47 Å². The van der Waals surface area contributed by atoms with Gasteiger partial charge in [0.05, 0.1) is 26.4 Å². The van der Waals surface area contributed by atoms with Crippen molar-refractivity contribution in [3.63, 3.8) is 0 Å². The summed E-state index contributed by atoms with van der Waals surface area (Å²) in [6.07, 6.45) is 2.07. The minimum absolute atomic E-state index is 0.174. The van der Waals surface area contributed by atoms with Crippen LogP contribution < -0.4 is 20.3 Å². The highest BCUT2D eigenvalue weighted by atomic mass is 16.5. The largest absolute Gasteiger partial charge is 0.497 e. The molecular formula is C16H20N4O4. The van der Waals surface area contributed by atoms with Crippen LogP contribution in [0.4, 0.5) is 0 Å². The van der Waals surface area contributed by atoms with E-state index < -0.39 is 0 Å². The van der Waals surface area contributed by atoms with Gasteiger partial charge in [-0.1, -0.05) is 0 Å². The van der Waals surface area contributed by atoms with Crippen LogP contribution in [0.1, 0.15) is 25.3 Å². The molecule has 0 aromatic heterocycles. The van der Waals surface area contributed by atoms with Gasteiger partial charge in [-0.15, -0.1) is 0 Å². The van der Waals surface area contributed by atoms with Crippen molar-refractivity contribution in [3.05, 3.63) is 23.8 Å². The number of methoxy groups -OCH3 is 2.